The summed E-state index contributed by atoms with van der Waals surface area (Å²) < 4.78 is 0.326. The number of benzene rings is 1. The molecule has 0 bridgehead atoms. The van der Waals surface area contributed by atoms with Gasteiger partial charge in [0.25, 0.3) is 5.56 Å². The lowest BCUT2D eigenvalue weighted by Gasteiger charge is -2.05. The summed E-state index contributed by atoms with van der Waals surface area (Å²) in [7, 11) is 0. The van der Waals surface area contributed by atoms with E-state index in [4.69, 9.17) is 12.2 Å². The first-order valence-corrected chi connectivity index (χ1v) is 5.57. The normalized spacial score (nSPS) is 10.4. The minimum absolute atomic E-state index is 0.186. The van der Waals surface area contributed by atoms with Crippen LogP contribution in [0.2, 0.25) is 0 Å². The highest BCUT2D eigenvalue weighted by atomic mass is 32.1. The highest BCUT2D eigenvalue weighted by Crippen LogP contribution is 2.14. The van der Waals surface area contributed by atoms with Crippen LogP contribution in [0.5, 0.6) is 5.75 Å². The molecule has 0 amide bonds. The van der Waals surface area contributed by atoms with Gasteiger partial charge in [0.15, 0.2) is 4.77 Å². The third-order valence-corrected chi connectivity index (χ3v) is 2.75. The van der Waals surface area contributed by atoms with Crippen molar-refractivity contribution < 1.29 is 5.11 Å². The quantitative estimate of drug-likeness (QED) is 0.712. The largest absolute Gasteiger partial charge is 0.508 e. The first-order valence-electron chi connectivity index (χ1n) is 5.16. The maximum absolute atomic E-state index is 11.7. The standard InChI is InChI=1S/C12H12N2O2S/c1-7-10(11(16)14-12(17)13-7)6-8-3-2-4-9(15)5-8/h2-5,15H,6H2,1H3,(H2,13,14,16,17). The monoisotopic (exact) mass is 248 g/mol. The number of hydrogen-bond acceptors (Lipinski definition) is 3. The van der Waals surface area contributed by atoms with Gasteiger partial charge in [-0.15, -0.1) is 0 Å². The second-order valence-electron chi connectivity index (χ2n) is 3.86. The van der Waals surface area contributed by atoms with E-state index in [1.165, 1.54) is 0 Å². The Bertz CT molecular complexity index is 658. The van der Waals surface area contributed by atoms with Crippen molar-refractivity contribution in [2.45, 2.75) is 13.3 Å². The Morgan fingerprint density at radius 1 is 1.35 bits per heavy atom. The van der Waals surface area contributed by atoms with E-state index >= 15 is 0 Å². The van der Waals surface area contributed by atoms with Crippen molar-refractivity contribution in [3.63, 3.8) is 0 Å². The van der Waals surface area contributed by atoms with Crippen LogP contribution in [0, 0.1) is 11.7 Å². The highest BCUT2D eigenvalue weighted by molar-refractivity contribution is 7.71. The summed E-state index contributed by atoms with van der Waals surface area (Å²) in [5, 5.41) is 9.36. The molecule has 0 aliphatic carbocycles. The third-order valence-electron chi connectivity index (χ3n) is 2.55. The van der Waals surface area contributed by atoms with Gasteiger partial charge < -0.3 is 10.1 Å². The molecule has 0 saturated heterocycles. The van der Waals surface area contributed by atoms with Crippen LogP contribution >= 0.6 is 12.2 Å². The van der Waals surface area contributed by atoms with Crippen molar-refractivity contribution >= 4 is 12.2 Å². The smallest absolute Gasteiger partial charge is 0.255 e. The number of aromatic nitrogens is 2. The molecule has 0 saturated carbocycles. The fourth-order valence-electron chi connectivity index (χ4n) is 1.71. The Balaban J connectivity index is 2.43. The molecule has 0 atom stereocenters. The Labute approximate surface area is 103 Å². The molecular formula is C12H12N2O2S. The van der Waals surface area contributed by atoms with Crippen LogP contribution in [0.25, 0.3) is 0 Å². The van der Waals surface area contributed by atoms with E-state index in [1.54, 1.807) is 18.2 Å². The fraction of sp³-hybridized carbons (Fsp3) is 0.167. The van der Waals surface area contributed by atoms with Gasteiger partial charge in [0.05, 0.1) is 0 Å². The highest BCUT2D eigenvalue weighted by Gasteiger charge is 2.06. The molecule has 1 aromatic carbocycles. The van der Waals surface area contributed by atoms with Gasteiger partial charge in [0.2, 0.25) is 0 Å². The lowest BCUT2D eigenvalue weighted by molar-refractivity contribution is 0.474. The average molecular weight is 248 g/mol. The van der Waals surface area contributed by atoms with Gasteiger partial charge in [-0.1, -0.05) is 12.1 Å². The minimum atomic E-state index is -0.186. The molecule has 1 heterocycles. The van der Waals surface area contributed by atoms with Crippen molar-refractivity contribution in [1.82, 2.24) is 9.97 Å². The maximum atomic E-state index is 11.7. The molecule has 0 aliphatic heterocycles. The molecule has 17 heavy (non-hydrogen) atoms. The number of H-pyrrole nitrogens is 2. The van der Waals surface area contributed by atoms with E-state index in [2.05, 4.69) is 9.97 Å². The Kier molecular flexibility index (Phi) is 3.10. The molecule has 88 valence electrons. The van der Waals surface area contributed by atoms with Gasteiger partial charge in [-0.2, -0.15) is 0 Å². The zero-order valence-electron chi connectivity index (χ0n) is 9.28. The minimum Gasteiger partial charge on any atom is -0.508 e. The first-order chi connectivity index (χ1) is 8.06. The summed E-state index contributed by atoms with van der Waals surface area (Å²) in [5.41, 5.74) is 2.07. The van der Waals surface area contributed by atoms with Crippen LogP contribution in [0.1, 0.15) is 16.8 Å². The summed E-state index contributed by atoms with van der Waals surface area (Å²) in [6, 6.07) is 6.85. The van der Waals surface area contributed by atoms with Crippen LogP contribution in [-0.2, 0) is 6.42 Å². The van der Waals surface area contributed by atoms with Crippen molar-refractivity contribution in [3.8, 4) is 5.75 Å². The van der Waals surface area contributed by atoms with Gasteiger partial charge in [0.1, 0.15) is 5.75 Å². The lowest BCUT2D eigenvalue weighted by atomic mass is 10.1. The molecule has 0 unspecified atom stereocenters. The number of aromatic amines is 2. The van der Waals surface area contributed by atoms with Crippen LogP contribution in [0.15, 0.2) is 29.1 Å². The number of rotatable bonds is 2. The number of hydrogen-bond donors (Lipinski definition) is 3. The van der Waals surface area contributed by atoms with Crippen LogP contribution in [0.3, 0.4) is 0 Å². The van der Waals surface area contributed by atoms with Crippen molar-refractivity contribution in [3.05, 3.63) is 56.2 Å². The van der Waals surface area contributed by atoms with E-state index in [-0.39, 0.29) is 11.3 Å². The number of aryl methyl sites for hydroxylation is 1. The fourth-order valence-corrected chi connectivity index (χ4v) is 1.96. The van der Waals surface area contributed by atoms with Gasteiger partial charge in [0, 0.05) is 17.7 Å². The molecule has 2 aromatic rings. The molecule has 0 aliphatic rings. The van der Waals surface area contributed by atoms with E-state index in [9.17, 15) is 9.90 Å². The summed E-state index contributed by atoms with van der Waals surface area (Å²) in [6.07, 6.45) is 0.460. The topological polar surface area (TPSA) is 68.9 Å². The second kappa shape index (κ2) is 4.55. The molecule has 0 radical (unpaired) electrons. The number of phenols is 1. The maximum Gasteiger partial charge on any atom is 0.255 e. The summed E-state index contributed by atoms with van der Waals surface area (Å²) in [5.74, 6) is 0.195. The Hall–Kier alpha value is -1.88. The second-order valence-corrected chi connectivity index (χ2v) is 4.27. The van der Waals surface area contributed by atoms with Crippen molar-refractivity contribution in [2.24, 2.45) is 0 Å². The van der Waals surface area contributed by atoms with Crippen molar-refractivity contribution in [1.29, 1.82) is 0 Å². The first kappa shape index (κ1) is 11.6. The molecular weight excluding hydrogens is 236 g/mol. The third kappa shape index (κ3) is 2.62. The molecule has 2 rings (SSSR count). The Morgan fingerprint density at radius 3 is 2.76 bits per heavy atom. The Morgan fingerprint density at radius 2 is 2.12 bits per heavy atom. The zero-order valence-corrected chi connectivity index (χ0v) is 10.1. The zero-order chi connectivity index (χ0) is 12.4. The molecule has 4 nitrogen and oxygen atoms in total. The van der Waals surface area contributed by atoms with Crippen LogP contribution in [0.4, 0.5) is 0 Å². The summed E-state index contributed by atoms with van der Waals surface area (Å²) in [6.45, 7) is 1.81. The van der Waals surface area contributed by atoms with Gasteiger partial charge in [-0.05, 0) is 36.8 Å². The molecule has 0 fully saturated rings. The van der Waals surface area contributed by atoms with E-state index in [1.807, 2.05) is 13.0 Å². The van der Waals surface area contributed by atoms with Gasteiger partial charge in [-0.3, -0.25) is 9.78 Å². The summed E-state index contributed by atoms with van der Waals surface area (Å²) >= 11 is 4.88. The predicted molar refractivity (Wildman–Crippen MR) is 67.9 cm³/mol. The number of aromatic hydroxyl groups is 1. The average Bonchev–Trinajstić information content (AvgIpc) is 2.23. The molecule has 5 heteroatoms. The van der Waals surface area contributed by atoms with E-state index in [0.717, 1.165) is 11.3 Å². The molecule has 0 spiro atoms. The van der Waals surface area contributed by atoms with Crippen LogP contribution < -0.4 is 5.56 Å². The predicted octanol–water partition coefficient (Wildman–Crippen LogP) is 2.04. The van der Waals surface area contributed by atoms with Gasteiger partial charge >= 0.3 is 0 Å². The van der Waals surface area contributed by atoms with Crippen molar-refractivity contribution in [2.75, 3.05) is 0 Å². The number of nitrogens with one attached hydrogen (secondary N) is 2. The van der Waals surface area contributed by atoms with Crippen LogP contribution in [-0.4, -0.2) is 15.1 Å². The van der Waals surface area contributed by atoms with E-state index in [0.29, 0.717) is 16.8 Å². The van der Waals surface area contributed by atoms with Gasteiger partial charge in [-0.25, -0.2) is 0 Å². The molecule has 3 N–H and O–H groups in total. The lowest BCUT2D eigenvalue weighted by Crippen LogP contribution is -2.16. The SMILES string of the molecule is Cc1[nH]c(=S)[nH]c(=O)c1Cc1cccc(O)c1. The molecule has 1 aromatic heterocycles. The summed E-state index contributed by atoms with van der Waals surface area (Å²) in [4.78, 5) is 17.2. The van der Waals surface area contributed by atoms with E-state index < -0.39 is 0 Å². The number of phenolic OH excluding ortho intramolecular Hbond substituents is 1.